The summed E-state index contributed by atoms with van der Waals surface area (Å²) in [5.41, 5.74) is 3.61. The number of imidazole rings is 1. The highest BCUT2D eigenvalue weighted by molar-refractivity contribution is 7.99. The monoisotopic (exact) mass is 426 g/mol. The van der Waals surface area contributed by atoms with Gasteiger partial charge < -0.3 is 9.97 Å². The van der Waals surface area contributed by atoms with Crippen LogP contribution in [0.15, 0.2) is 70.7 Å². The summed E-state index contributed by atoms with van der Waals surface area (Å²) in [6.45, 7) is 0. The molecule has 5 aromatic rings. The molecule has 0 fully saturated rings. The van der Waals surface area contributed by atoms with Crippen LogP contribution >= 0.6 is 35.0 Å². The van der Waals surface area contributed by atoms with E-state index in [1.165, 1.54) is 0 Å². The van der Waals surface area contributed by atoms with E-state index in [-0.39, 0.29) is 7.43 Å². The predicted molar refractivity (Wildman–Crippen MR) is 118 cm³/mol. The van der Waals surface area contributed by atoms with E-state index >= 15 is 0 Å². The largest absolute Gasteiger partial charge is 0.346 e. The summed E-state index contributed by atoms with van der Waals surface area (Å²) in [6, 6.07) is 15.5. The van der Waals surface area contributed by atoms with Crippen molar-refractivity contribution in [1.82, 2.24) is 19.9 Å². The summed E-state index contributed by atoms with van der Waals surface area (Å²) in [4.78, 5) is 17.8. The van der Waals surface area contributed by atoms with E-state index in [1.807, 2.05) is 54.7 Å². The Hall–Kier alpha value is -2.47. The van der Waals surface area contributed by atoms with Gasteiger partial charge in [0, 0.05) is 43.2 Å². The molecule has 3 heterocycles. The lowest BCUT2D eigenvalue weighted by Crippen LogP contribution is -1.84. The van der Waals surface area contributed by atoms with Gasteiger partial charge in [-0.15, -0.1) is 0 Å². The van der Waals surface area contributed by atoms with Crippen LogP contribution in [0.4, 0.5) is 0 Å². The van der Waals surface area contributed by atoms with Crippen molar-refractivity contribution in [2.75, 3.05) is 0 Å². The van der Waals surface area contributed by atoms with E-state index in [1.54, 1.807) is 18.0 Å². The molecular weight excluding hydrogens is 411 g/mol. The van der Waals surface area contributed by atoms with Crippen LogP contribution in [-0.4, -0.2) is 19.9 Å². The molecule has 0 aliphatic heterocycles. The summed E-state index contributed by atoms with van der Waals surface area (Å²) in [7, 11) is 0. The van der Waals surface area contributed by atoms with Crippen molar-refractivity contribution in [2.45, 2.75) is 17.2 Å². The number of pyridine rings is 1. The van der Waals surface area contributed by atoms with E-state index < -0.39 is 0 Å². The highest BCUT2D eigenvalue weighted by Crippen LogP contribution is 2.37. The van der Waals surface area contributed by atoms with Crippen molar-refractivity contribution in [3.8, 4) is 11.4 Å². The molecular formula is C21H16Cl2N4S. The maximum Gasteiger partial charge on any atom is 0.139 e. The van der Waals surface area contributed by atoms with Gasteiger partial charge in [-0.05, 0) is 48.5 Å². The molecule has 28 heavy (non-hydrogen) atoms. The van der Waals surface area contributed by atoms with Gasteiger partial charge >= 0.3 is 0 Å². The topological polar surface area (TPSA) is 57.4 Å². The average Bonchev–Trinajstić information content (AvgIpc) is 3.30. The number of halogens is 2. The minimum absolute atomic E-state index is 0. The summed E-state index contributed by atoms with van der Waals surface area (Å²) < 4.78 is 0. The van der Waals surface area contributed by atoms with Gasteiger partial charge in [-0.2, -0.15) is 0 Å². The van der Waals surface area contributed by atoms with E-state index in [0.29, 0.717) is 10.0 Å². The fraction of sp³-hybridized carbons (Fsp3) is 0.0476. The van der Waals surface area contributed by atoms with Gasteiger partial charge in [0.1, 0.15) is 17.0 Å². The summed E-state index contributed by atoms with van der Waals surface area (Å²) in [6.07, 6.45) is 3.65. The van der Waals surface area contributed by atoms with E-state index in [9.17, 15) is 0 Å². The molecule has 0 aliphatic carbocycles. The number of rotatable bonds is 3. The maximum absolute atomic E-state index is 6.35. The molecule has 0 bridgehead atoms. The summed E-state index contributed by atoms with van der Waals surface area (Å²) in [5.74, 6) is 0.789. The smallest absolute Gasteiger partial charge is 0.139 e. The number of aromatic amines is 2. The third-order valence-electron chi connectivity index (χ3n) is 4.27. The van der Waals surface area contributed by atoms with Crippen LogP contribution in [0.2, 0.25) is 10.0 Å². The number of fused-ring (bicyclic) bond motifs is 2. The molecule has 0 radical (unpaired) electrons. The number of hydrogen-bond acceptors (Lipinski definition) is 3. The molecule has 0 saturated carbocycles. The van der Waals surface area contributed by atoms with Crippen molar-refractivity contribution in [1.29, 1.82) is 0 Å². The van der Waals surface area contributed by atoms with Crippen molar-refractivity contribution in [3.63, 3.8) is 0 Å². The first kappa shape index (κ1) is 18.9. The van der Waals surface area contributed by atoms with E-state index in [0.717, 1.165) is 43.2 Å². The van der Waals surface area contributed by atoms with Gasteiger partial charge in [-0.3, -0.25) is 0 Å². The van der Waals surface area contributed by atoms with Crippen LogP contribution in [0.1, 0.15) is 7.43 Å². The lowest BCUT2D eigenvalue weighted by Gasteiger charge is -2.03. The second kappa shape index (κ2) is 7.51. The zero-order valence-corrected chi connectivity index (χ0v) is 16.2. The van der Waals surface area contributed by atoms with Gasteiger partial charge in [-0.1, -0.05) is 42.4 Å². The Bertz CT molecular complexity index is 1280. The standard InChI is InChI=1S/C20H12Cl2N4S.CH4/c21-11-1-3-13(4-2-11)27-17-10-12(22)9-16-18(17)26-20(25-16)15-6-8-24-19-14(15)5-7-23-19;/h1-10H,(H,23,24)(H,25,26);1H4. The first-order valence-electron chi connectivity index (χ1n) is 8.22. The molecule has 140 valence electrons. The normalized spacial score (nSPS) is 11.1. The van der Waals surface area contributed by atoms with Gasteiger partial charge in [0.2, 0.25) is 0 Å². The molecule has 0 atom stereocenters. The molecule has 2 N–H and O–H groups in total. The third kappa shape index (κ3) is 3.37. The Kier molecular flexibility index (Phi) is 5.06. The highest BCUT2D eigenvalue weighted by atomic mass is 35.5. The van der Waals surface area contributed by atoms with Crippen molar-refractivity contribution < 1.29 is 0 Å². The van der Waals surface area contributed by atoms with E-state index in [4.69, 9.17) is 28.2 Å². The Morgan fingerprint density at radius 3 is 2.57 bits per heavy atom. The Morgan fingerprint density at radius 2 is 1.75 bits per heavy atom. The van der Waals surface area contributed by atoms with Gasteiger partial charge in [-0.25, -0.2) is 9.97 Å². The number of aromatic nitrogens is 4. The molecule has 0 unspecified atom stereocenters. The number of nitrogens with zero attached hydrogens (tertiary/aromatic N) is 2. The Labute approximate surface area is 176 Å². The van der Waals surface area contributed by atoms with Crippen molar-refractivity contribution in [3.05, 3.63) is 71.0 Å². The number of hydrogen-bond donors (Lipinski definition) is 2. The van der Waals surface area contributed by atoms with Crippen molar-refractivity contribution >= 4 is 57.0 Å². The third-order valence-corrected chi connectivity index (χ3v) is 5.78. The minimum Gasteiger partial charge on any atom is -0.346 e. The SMILES string of the molecule is C.Clc1ccc(Sc2cc(Cl)cc3[nH]c(-c4ccnc5[nH]ccc45)nc23)cc1. The Morgan fingerprint density at radius 1 is 0.929 bits per heavy atom. The molecule has 5 rings (SSSR count). The van der Waals surface area contributed by atoms with Gasteiger partial charge in [0.25, 0.3) is 0 Å². The fourth-order valence-corrected chi connectivity index (χ4v) is 4.43. The van der Waals surface area contributed by atoms with Gasteiger partial charge in [0.15, 0.2) is 0 Å². The second-order valence-electron chi connectivity index (χ2n) is 6.04. The second-order valence-corrected chi connectivity index (χ2v) is 8.03. The molecule has 0 aliphatic rings. The maximum atomic E-state index is 6.35. The minimum atomic E-state index is 0. The van der Waals surface area contributed by atoms with Crippen LogP contribution in [0.3, 0.4) is 0 Å². The molecule has 2 aromatic carbocycles. The molecule has 4 nitrogen and oxygen atoms in total. The van der Waals surface area contributed by atoms with Crippen LogP contribution in [0.25, 0.3) is 33.5 Å². The molecule has 0 spiro atoms. The van der Waals surface area contributed by atoms with E-state index in [2.05, 4.69) is 15.0 Å². The number of nitrogens with one attached hydrogen (secondary N) is 2. The lowest BCUT2D eigenvalue weighted by atomic mass is 10.2. The molecule has 0 amide bonds. The lowest BCUT2D eigenvalue weighted by molar-refractivity contribution is 1.30. The average molecular weight is 427 g/mol. The van der Waals surface area contributed by atoms with Crippen LogP contribution in [-0.2, 0) is 0 Å². The molecule has 0 saturated heterocycles. The van der Waals surface area contributed by atoms with Crippen LogP contribution in [0, 0.1) is 0 Å². The molecule has 7 heteroatoms. The highest BCUT2D eigenvalue weighted by Gasteiger charge is 2.14. The quantitative estimate of drug-likeness (QED) is 0.320. The predicted octanol–water partition coefficient (Wildman–Crippen LogP) is 7.20. The summed E-state index contributed by atoms with van der Waals surface area (Å²) in [5, 5.41) is 2.40. The zero-order chi connectivity index (χ0) is 18.4. The van der Waals surface area contributed by atoms with Gasteiger partial charge in [0.05, 0.1) is 5.52 Å². The molecule has 3 aromatic heterocycles. The number of H-pyrrole nitrogens is 2. The fourth-order valence-electron chi connectivity index (χ4n) is 3.05. The first-order chi connectivity index (χ1) is 13.2. The zero-order valence-electron chi connectivity index (χ0n) is 13.8. The number of benzene rings is 2. The summed E-state index contributed by atoms with van der Waals surface area (Å²) >= 11 is 13.9. The Balaban J connectivity index is 0.00000192. The van der Waals surface area contributed by atoms with Crippen LogP contribution in [0.5, 0.6) is 0 Å². The van der Waals surface area contributed by atoms with Crippen LogP contribution < -0.4 is 0 Å². The van der Waals surface area contributed by atoms with Crippen molar-refractivity contribution in [2.24, 2.45) is 0 Å². The first-order valence-corrected chi connectivity index (χ1v) is 9.80.